The summed E-state index contributed by atoms with van der Waals surface area (Å²) in [5.74, 6) is -0.205. The van der Waals surface area contributed by atoms with Gasteiger partial charge in [-0.3, -0.25) is 9.78 Å². The Bertz CT molecular complexity index is 916. The van der Waals surface area contributed by atoms with Gasteiger partial charge in [-0.15, -0.1) is 0 Å². The third-order valence-electron chi connectivity index (χ3n) is 4.63. The van der Waals surface area contributed by atoms with E-state index in [1.165, 1.54) is 12.1 Å². The molecule has 1 atom stereocenters. The number of carbonyl (C=O) groups excluding carboxylic acids is 1. The summed E-state index contributed by atoms with van der Waals surface area (Å²) in [4.78, 5) is 18.8. The fraction of sp³-hybridized carbons (Fsp3) is 0.368. The second-order valence-corrected chi connectivity index (χ2v) is 8.23. The largest absolute Gasteiger partial charge is 0.370 e. The molecule has 3 rings (SSSR count). The molecule has 144 valence electrons. The van der Waals surface area contributed by atoms with Crippen molar-refractivity contribution in [1.82, 2.24) is 9.88 Å². The van der Waals surface area contributed by atoms with E-state index in [-0.39, 0.29) is 16.9 Å². The average molecular weight is 389 g/mol. The van der Waals surface area contributed by atoms with Gasteiger partial charge in [-0.05, 0) is 49.6 Å². The van der Waals surface area contributed by atoms with Gasteiger partial charge in [0.15, 0.2) is 0 Å². The molecule has 2 aromatic rings. The lowest BCUT2D eigenvalue weighted by molar-refractivity contribution is -0.00788. The number of benzene rings is 1. The molecule has 2 heterocycles. The zero-order chi connectivity index (χ0) is 19.4. The van der Waals surface area contributed by atoms with Gasteiger partial charge in [0, 0.05) is 24.8 Å². The number of hydrogen-bond acceptors (Lipinski definition) is 5. The molecular formula is C19H23N3O4S. The Morgan fingerprint density at radius 1 is 1.33 bits per heavy atom. The summed E-state index contributed by atoms with van der Waals surface area (Å²) in [6.45, 7) is 3.25. The molecule has 1 aliphatic heterocycles. The third kappa shape index (κ3) is 4.91. The van der Waals surface area contributed by atoms with Gasteiger partial charge in [0.25, 0.3) is 5.91 Å². The van der Waals surface area contributed by atoms with E-state index in [1.54, 1.807) is 24.1 Å². The molecule has 1 aromatic carbocycles. The van der Waals surface area contributed by atoms with Crippen LogP contribution in [-0.2, 0) is 21.4 Å². The zero-order valence-electron chi connectivity index (χ0n) is 15.2. The molecule has 27 heavy (non-hydrogen) atoms. The van der Waals surface area contributed by atoms with Gasteiger partial charge in [0.2, 0.25) is 10.0 Å². The Balaban J connectivity index is 1.70. The van der Waals surface area contributed by atoms with Crippen LogP contribution in [0.4, 0.5) is 0 Å². The number of primary sulfonamides is 1. The Morgan fingerprint density at radius 3 is 2.85 bits per heavy atom. The summed E-state index contributed by atoms with van der Waals surface area (Å²) in [6.07, 6.45) is 3.34. The molecule has 1 saturated heterocycles. The number of sulfonamides is 1. The van der Waals surface area contributed by atoms with Crippen molar-refractivity contribution in [2.45, 2.75) is 37.4 Å². The van der Waals surface area contributed by atoms with Crippen LogP contribution in [0.2, 0.25) is 0 Å². The topological polar surface area (TPSA) is 103 Å². The number of pyridine rings is 1. The molecule has 1 unspecified atom stereocenters. The zero-order valence-corrected chi connectivity index (χ0v) is 16.0. The number of carbonyl (C=O) groups is 1. The summed E-state index contributed by atoms with van der Waals surface area (Å²) < 4.78 is 29.1. The van der Waals surface area contributed by atoms with E-state index in [0.29, 0.717) is 30.8 Å². The lowest BCUT2D eigenvalue weighted by Crippen LogP contribution is -2.43. The maximum atomic E-state index is 12.9. The fourth-order valence-electron chi connectivity index (χ4n) is 3.12. The highest BCUT2D eigenvalue weighted by Gasteiger charge is 2.26. The van der Waals surface area contributed by atoms with Crippen LogP contribution < -0.4 is 5.14 Å². The van der Waals surface area contributed by atoms with Crippen LogP contribution in [0.3, 0.4) is 0 Å². The van der Waals surface area contributed by atoms with Crippen molar-refractivity contribution in [3.05, 3.63) is 59.4 Å². The summed E-state index contributed by atoms with van der Waals surface area (Å²) in [7, 11) is -3.86. The average Bonchev–Trinajstić information content (AvgIpc) is 2.66. The van der Waals surface area contributed by atoms with Gasteiger partial charge in [-0.25, -0.2) is 13.6 Å². The number of amides is 1. The maximum Gasteiger partial charge on any atom is 0.254 e. The standard InChI is InChI=1S/C19H23N3O4S/c1-14-7-8-17(27(20,24)25)11-18(14)19(23)22-10-4-6-16(12-22)26-13-15-5-2-3-9-21-15/h2-3,5,7-9,11,16H,4,6,10,12-13H2,1H3,(H2,20,24,25). The molecule has 1 aromatic heterocycles. The highest BCUT2D eigenvalue weighted by molar-refractivity contribution is 7.89. The van der Waals surface area contributed by atoms with Crippen molar-refractivity contribution in [3.8, 4) is 0 Å². The quantitative estimate of drug-likeness (QED) is 0.841. The maximum absolute atomic E-state index is 12.9. The van der Waals surface area contributed by atoms with Crippen LogP contribution in [0, 0.1) is 6.92 Å². The highest BCUT2D eigenvalue weighted by atomic mass is 32.2. The summed E-state index contributed by atoms with van der Waals surface area (Å²) in [5.41, 5.74) is 1.91. The van der Waals surface area contributed by atoms with E-state index in [4.69, 9.17) is 9.88 Å². The van der Waals surface area contributed by atoms with E-state index >= 15 is 0 Å². The van der Waals surface area contributed by atoms with Gasteiger partial charge in [0.05, 0.1) is 23.3 Å². The molecule has 1 fully saturated rings. The van der Waals surface area contributed by atoms with Crippen LogP contribution >= 0.6 is 0 Å². The van der Waals surface area contributed by atoms with Gasteiger partial charge in [-0.1, -0.05) is 12.1 Å². The minimum absolute atomic E-state index is 0.0589. The van der Waals surface area contributed by atoms with Crippen molar-refractivity contribution >= 4 is 15.9 Å². The number of likely N-dealkylation sites (tertiary alicyclic amines) is 1. The summed E-state index contributed by atoms with van der Waals surface area (Å²) in [5, 5.41) is 5.19. The Kier molecular flexibility index (Phi) is 5.88. The van der Waals surface area contributed by atoms with E-state index in [0.717, 1.165) is 18.5 Å². The van der Waals surface area contributed by atoms with E-state index in [9.17, 15) is 13.2 Å². The van der Waals surface area contributed by atoms with Gasteiger partial charge >= 0.3 is 0 Å². The molecule has 0 radical (unpaired) electrons. The van der Waals surface area contributed by atoms with Crippen molar-refractivity contribution in [3.63, 3.8) is 0 Å². The molecule has 0 saturated carbocycles. The molecule has 2 N–H and O–H groups in total. The second kappa shape index (κ2) is 8.16. The number of piperidine rings is 1. The van der Waals surface area contributed by atoms with Gasteiger partial charge in [-0.2, -0.15) is 0 Å². The van der Waals surface area contributed by atoms with Gasteiger partial charge < -0.3 is 9.64 Å². The SMILES string of the molecule is Cc1ccc(S(N)(=O)=O)cc1C(=O)N1CCCC(OCc2ccccn2)C1. The van der Waals surface area contributed by atoms with Crippen molar-refractivity contribution in [2.24, 2.45) is 5.14 Å². The highest BCUT2D eigenvalue weighted by Crippen LogP contribution is 2.21. The Hall–Kier alpha value is -2.29. The molecule has 1 amide bonds. The van der Waals surface area contributed by atoms with E-state index < -0.39 is 10.0 Å². The molecule has 7 nitrogen and oxygen atoms in total. The molecular weight excluding hydrogens is 366 g/mol. The molecule has 0 aliphatic carbocycles. The second-order valence-electron chi connectivity index (χ2n) is 6.67. The lowest BCUT2D eigenvalue weighted by atomic mass is 10.0. The Morgan fingerprint density at radius 2 is 2.15 bits per heavy atom. The normalized spacial score (nSPS) is 17.7. The van der Waals surface area contributed by atoms with Crippen LogP contribution in [0.15, 0.2) is 47.5 Å². The number of ether oxygens (including phenoxy) is 1. The first-order valence-corrected chi connectivity index (χ1v) is 10.3. The lowest BCUT2D eigenvalue weighted by Gasteiger charge is -2.33. The fourth-order valence-corrected chi connectivity index (χ4v) is 3.66. The van der Waals surface area contributed by atoms with Crippen LogP contribution in [0.1, 0.15) is 34.5 Å². The summed E-state index contributed by atoms with van der Waals surface area (Å²) in [6, 6.07) is 10.0. The minimum Gasteiger partial charge on any atom is -0.370 e. The minimum atomic E-state index is -3.86. The van der Waals surface area contributed by atoms with E-state index in [2.05, 4.69) is 4.98 Å². The monoisotopic (exact) mass is 389 g/mol. The number of aryl methyl sites for hydroxylation is 1. The van der Waals surface area contributed by atoms with Crippen LogP contribution in [-0.4, -0.2) is 43.4 Å². The summed E-state index contributed by atoms with van der Waals surface area (Å²) >= 11 is 0. The molecule has 1 aliphatic rings. The smallest absolute Gasteiger partial charge is 0.254 e. The predicted molar refractivity (Wildman–Crippen MR) is 101 cm³/mol. The Labute approximate surface area is 159 Å². The molecule has 8 heteroatoms. The number of nitrogens with two attached hydrogens (primary N) is 1. The van der Waals surface area contributed by atoms with E-state index in [1.807, 2.05) is 18.2 Å². The molecule has 0 spiro atoms. The van der Waals surface area contributed by atoms with Crippen molar-refractivity contribution in [2.75, 3.05) is 13.1 Å². The van der Waals surface area contributed by atoms with Gasteiger partial charge in [0.1, 0.15) is 0 Å². The first kappa shape index (κ1) is 19.5. The number of rotatable bonds is 5. The number of aromatic nitrogens is 1. The number of hydrogen-bond donors (Lipinski definition) is 1. The predicted octanol–water partition coefficient (Wildman–Crippen LogP) is 1.86. The third-order valence-corrected chi connectivity index (χ3v) is 5.54. The van der Waals surface area contributed by atoms with Crippen LogP contribution in [0.25, 0.3) is 0 Å². The molecule has 0 bridgehead atoms. The first-order chi connectivity index (χ1) is 12.8. The van der Waals surface area contributed by atoms with Crippen LogP contribution in [0.5, 0.6) is 0 Å². The van der Waals surface area contributed by atoms with Crippen molar-refractivity contribution in [1.29, 1.82) is 0 Å². The number of nitrogens with zero attached hydrogens (tertiary/aromatic N) is 2. The first-order valence-electron chi connectivity index (χ1n) is 8.79. The van der Waals surface area contributed by atoms with Crippen molar-refractivity contribution < 1.29 is 17.9 Å².